The molecule has 2 amide bonds. The number of anilines is 2. The molecule has 39 heavy (non-hydrogen) atoms. The van der Waals surface area contributed by atoms with E-state index >= 15 is 0 Å². The molecule has 1 saturated heterocycles. The topological polar surface area (TPSA) is 126 Å². The summed E-state index contributed by atoms with van der Waals surface area (Å²) in [6.07, 6.45) is -2.21. The molecular weight excluding hydrogens is 546 g/mol. The quantitative estimate of drug-likeness (QED) is 0.290. The summed E-state index contributed by atoms with van der Waals surface area (Å²) in [6, 6.07) is 7.87. The molecule has 0 bridgehead atoms. The van der Waals surface area contributed by atoms with Gasteiger partial charge in [0.15, 0.2) is 0 Å². The van der Waals surface area contributed by atoms with E-state index < -0.39 is 40.3 Å². The molecule has 0 saturated carbocycles. The molecule has 14 heteroatoms. The van der Waals surface area contributed by atoms with Crippen molar-refractivity contribution in [1.29, 1.82) is 0 Å². The van der Waals surface area contributed by atoms with Gasteiger partial charge in [-0.3, -0.25) is 14.4 Å². The van der Waals surface area contributed by atoms with Gasteiger partial charge in [0, 0.05) is 41.7 Å². The predicted molar refractivity (Wildman–Crippen MR) is 134 cm³/mol. The normalized spacial score (nSPS) is 17.4. The number of carbonyl (C=O) groups excluding carboxylic acids is 2. The van der Waals surface area contributed by atoms with Gasteiger partial charge in [0.1, 0.15) is 11.2 Å². The molecule has 1 aliphatic heterocycles. The van der Waals surface area contributed by atoms with E-state index in [1.54, 1.807) is 0 Å². The Balaban J connectivity index is 1.44. The van der Waals surface area contributed by atoms with Gasteiger partial charge in [-0.1, -0.05) is 17.7 Å². The molecule has 9 nitrogen and oxygen atoms in total. The van der Waals surface area contributed by atoms with Crippen LogP contribution in [0.1, 0.15) is 27.9 Å². The average molecular weight is 566 g/mol. The molecule has 0 radical (unpaired) electrons. The van der Waals surface area contributed by atoms with Gasteiger partial charge in [0.05, 0.1) is 29.6 Å². The number of hydrogen-bond acceptors (Lipinski definition) is 6. The van der Waals surface area contributed by atoms with E-state index in [1.807, 2.05) is 0 Å². The summed E-state index contributed by atoms with van der Waals surface area (Å²) < 4.78 is 60.1. The second-order valence-electron chi connectivity index (χ2n) is 8.66. The van der Waals surface area contributed by atoms with E-state index in [1.165, 1.54) is 18.2 Å². The third-order valence-corrected chi connectivity index (χ3v) is 6.14. The maximum Gasteiger partial charge on any atom is 0.418 e. The molecule has 3 N–H and O–H groups in total. The van der Waals surface area contributed by atoms with Crippen molar-refractivity contribution in [3.63, 3.8) is 0 Å². The van der Waals surface area contributed by atoms with E-state index in [4.69, 9.17) is 16.3 Å². The van der Waals surface area contributed by atoms with Gasteiger partial charge in [-0.15, -0.1) is 0 Å². The van der Waals surface area contributed by atoms with Gasteiger partial charge in [0.2, 0.25) is 5.91 Å². The number of carbonyl (C=O) groups is 2. The largest absolute Gasteiger partial charge is 0.418 e. The highest BCUT2D eigenvalue weighted by atomic mass is 35.5. The number of amides is 2. The Hall–Kier alpha value is -4.10. The molecule has 204 valence electrons. The van der Waals surface area contributed by atoms with Gasteiger partial charge >= 0.3 is 6.18 Å². The molecule has 0 aliphatic carbocycles. The van der Waals surface area contributed by atoms with Crippen LogP contribution in [-0.4, -0.2) is 41.4 Å². The first-order valence-corrected chi connectivity index (χ1v) is 11.8. The van der Waals surface area contributed by atoms with Crippen LogP contribution in [-0.2, 0) is 22.3 Å². The lowest BCUT2D eigenvalue weighted by atomic mass is 9.87. The van der Waals surface area contributed by atoms with Crippen LogP contribution in [0.25, 0.3) is 0 Å². The maximum atomic E-state index is 14.8. The first-order chi connectivity index (χ1) is 18.5. The number of rotatable bonds is 7. The smallest absolute Gasteiger partial charge is 0.380 e. The summed E-state index contributed by atoms with van der Waals surface area (Å²) in [5.41, 5.74) is -3.16. The highest BCUT2D eigenvalue weighted by Crippen LogP contribution is 2.38. The Labute approximate surface area is 223 Å². The third kappa shape index (κ3) is 6.67. The fourth-order valence-electron chi connectivity index (χ4n) is 3.81. The Bertz CT molecular complexity index is 1490. The van der Waals surface area contributed by atoms with Crippen molar-refractivity contribution < 1.29 is 31.9 Å². The Morgan fingerprint density at radius 1 is 1.21 bits per heavy atom. The molecular formula is C25H20ClF4N5O4. The lowest BCUT2D eigenvalue weighted by molar-refractivity contribution is -0.137. The van der Waals surface area contributed by atoms with Gasteiger partial charge in [-0.05, 0) is 36.8 Å². The second kappa shape index (κ2) is 11.3. The number of H-pyrrole nitrogens is 1. The van der Waals surface area contributed by atoms with Gasteiger partial charge in [-0.25, -0.2) is 14.5 Å². The Morgan fingerprint density at radius 3 is 2.67 bits per heavy atom. The number of aliphatic imine (C=N–C) groups is 1. The van der Waals surface area contributed by atoms with Crippen LogP contribution < -0.4 is 16.2 Å². The number of ether oxygens (including phenoxy) is 1. The average Bonchev–Trinajstić information content (AvgIpc) is 3.37. The molecule has 1 aromatic heterocycles. The zero-order chi connectivity index (χ0) is 28.2. The lowest BCUT2D eigenvalue weighted by Crippen LogP contribution is -2.42. The number of nitrogens with zero attached hydrogens (tertiary/aromatic N) is 2. The number of alkyl halides is 3. The lowest BCUT2D eigenvalue weighted by Gasteiger charge is -2.21. The van der Waals surface area contributed by atoms with E-state index in [-0.39, 0.29) is 53.7 Å². The molecule has 4 rings (SSSR count). The summed E-state index contributed by atoms with van der Waals surface area (Å²) in [5, 5.41) is 10.7. The number of benzene rings is 2. The van der Waals surface area contributed by atoms with E-state index in [0.29, 0.717) is 0 Å². The van der Waals surface area contributed by atoms with Crippen LogP contribution in [0.5, 0.6) is 0 Å². The summed E-state index contributed by atoms with van der Waals surface area (Å²) in [7, 11) is 0. The van der Waals surface area contributed by atoms with Gasteiger partial charge in [-0.2, -0.15) is 18.3 Å². The van der Waals surface area contributed by atoms with Crippen molar-refractivity contribution in [2.45, 2.75) is 19.1 Å². The molecule has 1 unspecified atom stereocenters. The number of aromatic nitrogens is 2. The number of halogens is 5. The standard InChI is InChI=1S/C25H20ClF4N5O4/c26-16-2-4-20(18(8-16)25(28,29)30)34-17-3-1-14(19(27)9-17)10-31-23(38)24(5-6-39-13-24)12-32-22(37)15-7-21(36)35-33-11-15/h1-4,7-9,11-12,34H,5-6,10,13H2,(H,31,38)(H,35,36). The fraction of sp³-hybridized carbons (Fsp3) is 0.240. The molecule has 3 aromatic rings. The van der Waals surface area contributed by atoms with Crippen LogP contribution in [0, 0.1) is 11.2 Å². The summed E-state index contributed by atoms with van der Waals surface area (Å²) >= 11 is 5.69. The Morgan fingerprint density at radius 2 is 2.00 bits per heavy atom. The number of nitrogens with one attached hydrogen (secondary N) is 3. The molecule has 2 heterocycles. The highest BCUT2D eigenvalue weighted by Gasteiger charge is 2.41. The van der Waals surface area contributed by atoms with Crippen molar-refractivity contribution in [3.05, 3.63) is 86.5 Å². The maximum absolute atomic E-state index is 14.8. The van der Waals surface area contributed by atoms with Crippen LogP contribution in [0.4, 0.5) is 28.9 Å². The van der Waals surface area contributed by atoms with Crippen LogP contribution >= 0.6 is 11.6 Å². The molecule has 2 aromatic carbocycles. The SMILES string of the molecule is O=C(N=CC1(C(=O)NCc2ccc(Nc3ccc(Cl)cc3C(F)(F)F)cc2F)CCOC1)c1cn[nH]c(=O)c1. The molecule has 1 fully saturated rings. The third-order valence-electron chi connectivity index (χ3n) is 5.90. The summed E-state index contributed by atoms with van der Waals surface area (Å²) in [6.45, 7) is -0.0993. The molecule has 1 atom stereocenters. The minimum atomic E-state index is -4.68. The van der Waals surface area contributed by atoms with Gasteiger partial charge < -0.3 is 15.4 Å². The van der Waals surface area contributed by atoms with Crippen molar-refractivity contribution >= 4 is 41.0 Å². The monoisotopic (exact) mass is 565 g/mol. The highest BCUT2D eigenvalue weighted by molar-refractivity contribution is 6.30. The number of hydrogen-bond donors (Lipinski definition) is 3. The fourth-order valence-corrected chi connectivity index (χ4v) is 3.98. The molecule has 1 aliphatic rings. The van der Waals surface area contributed by atoms with Crippen LogP contribution in [0.15, 0.2) is 58.4 Å². The second-order valence-corrected chi connectivity index (χ2v) is 9.09. The van der Waals surface area contributed by atoms with Crippen molar-refractivity contribution in [2.24, 2.45) is 10.4 Å². The van der Waals surface area contributed by atoms with Crippen molar-refractivity contribution in [3.8, 4) is 0 Å². The van der Waals surface area contributed by atoms with E-state index in [2.05, 4.69) is 25.8 Å². The molecule has 0 spiro atoms. The van der Waals surface area contributed by atoms with Crippen LogP contribution in [0.2, 0.25) is 5.02 Å². The van der Waals surface area contributed by atoms with Crippen LogP contribution in [0.3, 0.4) is 0 Å². The summed E-state index contributed by atoms with van der Waals surface area (Å²) in [4.78, 5) is 40.5. The van der Waals surface area contributed by atoms with Crippen molar-refractivity contribution in [2.75, 3.05) is 18.5 Å². The zero-order valence-electron chi connectivity index (χ0n) is 19.9. The number of aromatic amines is 1. The Kier molecular flexibility index (Phi) is 8.11. The van der Waals surface area contributed by atoms with Crippen molar-refractivity contribution in [1.82, 2.24) is 15.5 Å². The van der Waals surface area contributed by atoms with Gasteiger partial charge in [0.25, 0.3) is 11.5 Å². The zero-order valence-corrected chi connectivity index (χ0v) is 20.7. The minimum absolute atomic E-state index is 0.0518. The summed E-state index contributed by atoms with van der Waals surface area (Å²) in [5.74, 6) is -2.13. The first-order valence-electron chi connectivity index (χ1n) is 11.4. The van der Waals surface area contributed by atoms with E-state index in [9.17, 15) is 31.9 Å². The van der Waals surface area contributed by atoms with E-state index in [0.717, 1.165) is 36.7 Å². The first kappa shape index (κ1) is 27.9. The predicted octanol–water partition coefficient (Wildman–Crippen LogP) is 4.26. The minimum Gasteiger partial charge on any atom is -0.380 e.